The Hall–Kier alpha value is -1.10. The van der Waals surface area contributed by atoms with Crippen LogP contribution in [0.25, 0.3) is 11.5 Å². The van der Waals surface area contributed by atoms with Gasteiger partial charge in [-0.05, 0) is 24.3 Å². The van der Waals surface area contributed by atoms with Crippen molar-refractivity contribution in [3.8, 4) is 11.5 Å². The van der Waals surface area contributed by atoms with Gasteiger partial charge in [-0.2, -0.15) is 0 Å². The van der Waals surface area contributed by atoms with Crippen LogP contribution in [0.1, 0.15) is 19.7 Å². The second kappa shape index (κ2) is 6.73. The molecule has 0 aliphatic rings. The van der Waals surface area contributed by atoms with Crippen LogP contribution in [-0.2, 0) is 6.54 Å². The van der Waals surface area contributed by atoms with E-state index in [4.69, 9.17) is 16.0 Å². The molecular formula is C12H15Cl2N3O. The van der Waals surface area contributed by atoms with Crippen LogP contribution < -0.4 is 5.32 Å². The molecule has 0 saturated heterocycles. The topological polar surface area (TPSA) is 51.0 Å². The molecular weight excluding hydrogens is 273 g/mol. The van der Waals surface area contributed by atoms with E-state index in [-0.39, 0.29) is 12.4 Å². The summed E-state index contributed by atoms with van der Waals surface area (Å²) in [4.78, 5) is 0. The predicted octanol–water partition coefficient (Wildman–Crippen LogP) is 3.31. The molecule has 1 aromatic carbocycles. The van der Waals surface area contributed by atoms with Gasteiger partial charge in [0.1, 0.15) is 0 Å². The monoisotopic (exact) mass is 287 g/mol. The van der Waals surface area contributed by atoms with E-state index in [1.807, 2.05) is 12.1 Å². The van der Waals surface area contributed by atoms with Crippen LogP contribution in [0, 0.1) is 0 Å². The minimum absolute atomic E-state index is 0. The van der Waals surface area contributed by atoms with Crippen LogP contribution in [0.4, 0.5) is 0 Å². The summed E-state index contributed by atoms with van der Waals surface area (Å²) in [5, 5.41) is 11.9. The number of hydrogen-bond donors (Lipinski definition) is 1. The predicted molar refractivity (Wildman–Crippen MR) is 74.0 cm³/mol. The van der Waals surface area contributed by atoms with Gasteiger partial charge in [0.2, 0.25) is 11.8 Å². The van der Waals surface area contributed by atoms with Gasteiger partial charge in [-0.25, -0.2) is 0 Å². The molecule has 6 heteroatoms. The Bertz CT molecular complexity index is 482. The zero-order valence-corrected chi connectivity index (χ0v) is 11.8. The molecule has 0 aliphatic carbocycles. The molecule has 0 atom stereocenters. The third kappa shape index (κ3) is 3.98. The van der Waals surface area contributed by atoms with Gasteiger partial charge in [0.15, 0.2) is 0 Å². The molecule has 98 valence electrons. The minimum Gasteiger partial charge on any atom is -0.419 e. The Labute approximate surface area is 117 Å². The van der Waals surface area contributed by atoms with E-state index in [2.05, 4.69) is 29.4 Å². The Balaban J connectivity index is 0.00000162. The lowest BCUT2D eigenvalue weighted by atomic mass is 10.2. The van der Waals surface area contributed by atoms with Crippen molar-refractivity contribution in [2.45, 2.75) is 26.4 Å². The second-order valence-corrected chi connectivity index (χ2v) is 4.48. The number of aromatic nitrogens is 2. The fourth-order valence-corrected chi connectivity index (χ4v) is 1.45. The van der Waals surface area contributed by atoms with Crippen LogP contribution in [0.3, 0.4) is 0 Å². The lowest BCUT2D eigenvalue weighted by Crippen LogP contribution is -2.21. The number of nitrogens with one attached hydrogen (secondary N) is 1. The summed E-state index contributed by atoms with van der Waals surface area (Å²) in [6, 6.07) is 7.70. The molecule has 0 fully saturated rings. The number of nitrogens with zero attached hydrogens (tertiary/aromatic N) is 2. The molecule has 1 N–H and O–H groups in total. The van der Waals surface area contributed by atoms with Crippen LogP contribution in [-0.4, -0.2) is 16.2 Å². The summed E-state index contributed by atoms with van der Waals surface area (Å²) in [7, 11) is 0. The van der Waals surface area contributed by atoms with E-state index in [9.17, 15) is 0 Å². The van der Waals surface area contributed by atoms with Crippen molar-refractivity contribution >= 4 is 24.0 Å². The lowest BCUT2D eigenvalue weighted by Gasteiger charge is -2.03. The standard InChI is InChI=1S/C12H14ClN3O.ClH/c1-8(2)14-7-11-15-16-12(17-11)9-3-5-10(13)6-4-9;/h3-6,8,14H,7H2,1-2H3;1H. The van der Waals surface area contributed by atoms with E-state index >= 15 is 0 Å². The van der Waals surface area contributed by atoms with Gasteiger partial charge in [-0.3, -0.25) is 0 Å². The lowest BCUT2D eigenvalue weighted by molar-refractivity contribution is 0.459. The Morgan fingerprint density at radius 3 is 2.50 bits per heavy atom. The first-order chi connectivity index (χ1) is 8.15. The summed E-state index contributed by atoms with van der Waals surface area (Å²) in [6.07, 6.45) is 0. The number of hydrogen-bond acceptors (Lipinski definition) is 4. The molecule has 4 nitrogen and oxygen atoms in total. The maximum Gasteiger partial charge on any atom is 0.247 e. The molecule has 0 aliphatic heterocycles. The molecule has 0 unspecified atom stereocenters. The first-order valence-electron chi connectivity index (χ1n) is 5.47. The number of rotatable bonds is 4. The summed E-state index contributed by atoms with van der Waals surface area (Å²) in [5.41, 5.74) is 0.873. The second-order valence-electron chi connectivity index (χ2n) is 4.04. The summed E-state index contributed by atoms with van der Waals surface area (Å²) < 4.78 is 5.53. The zero-order chi connectivity index (χ0) is 12.3. The maximum absolute atomic E-state index is 5.81. The molecule has 1 heterocycles. The van der Waals surface area contributed by atoms with Gasteiger partial charge in [-0.1, -0.05) is 25.4 Å². The highest BCUT2D eigenvalue weighted by molar-refractivity contribution is 6.30. The molecule has 0 bridgehead atoms. The van der Waals surface area contributed by atoms with Crippen molar-refractivity contribution < 1.29 is 4.42 Å². The Morgan fingerprint density at radius 2 is 1.89 bits per heavy atom. The van der Waals surface area contributed by atoms with E-state index in [1.165, 1.54) is 0 Å². The number of benzene rings is 1. The van der Waals surface area contributed by atoms with Crippen LogP contribution in [0.5, 0.6) is 0 Å². The minimum atomic E-state index is 0. The fourth-order valence-electron chi connectivity index (χ4n) is 1.33. The third-order valence-corrected chi connectivity index (χ3v) is 2.47. The first kappa shape index (κ1) is 15.0. The van der Waals surface area contributed by atoms with Gasteiger partial charge < -0.3 is 9.73 Å². The largest absolute Gasteiger partial charge is 0.419 e. The number of halogens is 2. The average Bonchev–Trinajstić information content (AvgIpc) is 2.76. The van der Waals surface area contributed by atoms with Gasteiger partial charge in [0.25, 0.3) is 0 Å². The molecule has 0 radical (unpaired) electrons. The van der Waals surface area contributed by atoms with Crippen LogP contribution in [0.15, 0.2) is 28.7 Å². The van der Waals surface area contributed by atoms with Gasteiger partial charge in [-0.15, -0.1) is 22.6 Å². The van der Waals surface area contributed by atoms with Gasteiger partial charge >= 0.3 is 0 Å². The van der Waals surface area contributed by atoms with Crippen molar-refractivity contribution in [2.24, 2.45) is 0 Å². The normalized spacial score (nSPS) is 10.4. The quantitative estimate of drug-likeness (QED) is 0.937. The van der Waals surface area contributed by atoms with Crippen molar-refractivity contribution in [1.29, 1.82) is 0 Å². The molecule has 2 rings (SSSR count). The Kier molecular flexibility index (Phi) is 5.59. The van der Waals surface area contributed by atoms with Crippen molar-refractivity contribution in [3.05, 3.63) is 35.2 Å². The molecule has 18 heavy (non-hydrogen) atoms. The first-order valence-corrected chi connectivity index (χ1v) is 5.84. The smallest absolute Gasteiger partial charge is 0.247 e. The summed E-state index contributed by atoms with van der Waals surface area (Å²) in [5.74, 6) is 1.10. The van der Waals surface area contributed by atoms with Gasteiger partial charge in [0, 0.05) is 16.6 Å². The van der Waals surface area contributed by atoms with Crippen molar-refractivity contribution in [3.63, 3.8) is 0 Å². The maximum atomic E-state index is 5.81. The van der Waals surface area contributed by atoms with Gasteiger partial charge in [0.05, 0.1) is 6.54 Å². The molecule has 0 saturated carbocycles. The average molecular weight is 288 g/mol. The SMILES string of the molecule is CC(C)NCc1nnc(-c2ccc(Cl)cc2)o1.Cl. The van der Waals surface area contributed by atoms with Crippen molar-refractivity contribution in [2.75, 3.05) is 0 Å². The van der Waals surface area contributed by atoms with E-state index < -0.39 is 0 Å². The molecule has 0 amide bonds. The van der Waals surface area contributed by atoms with Crippen molar-refractivity contribution in [1.82, 2.24) is 15.5 Å². The van der Waals surface area contributed by atoms with E-state index in [0.717, 1.165) is 5.56 Å². The molecule has 2 aromatic rings. The van der Waals surface area contributed by atoms with Crippen LogP contribution in [0.2, 0.25) is 5.02 Å². The molecule has 1 aromatic heterocycles. The summed E-state index contributed by atoms with van der Waals surface area (Å²) >= 11 is 5.81. The van der Waals surface area contributed by atoms with E-state index in [1.54, 1.807) is 12.1 Å². The van der Waals surface area contributed by atoms with E-state index in [0.29, 0.717) is 29.4 Å². The van der Waals surface area contributed by atoms with Crippen LogP contribution >= 0.6 is 24.0 Å². The fraction of sp³-hybridized carbons (Fsp3) is 0.333. The highest BCUT2D eigenvalue weighted by Gasteiger charge is 2.08. The zero-order valence-electron chi connectivity index (χ0n) is 10.2. The molecule has 0 spiro atoms. The Morgan fingerprint density at radius 1 is 1.22 bits per heavy atom. The highest BCUT2D eigenvalue weighted by atomic mass is 35.5. The third-order valence-electron chi connectivity index (χ3n) is 2.22. The highest BCUT2D eigenvalue weighted by Crippen LogP contribution is 2.20. The summed E-state index contributed by atoms with van der Waals surface area (Å²) in [6.45, 7) is 4.71.